The molecule has 112 valence electrons. The first-order valence-corrected chi connectivity index (χ1v) is 8.98. The van der Waals surface area contributed by atoms with Crippen LogP contribution in [0.25, 0.3) is 22.4 Å². The van der Waals surface area contributed by atoms with Crippen LogP contribution in [-0.4, -0.2) is 23.6 Å². The normalized spacial score (nSPS) is 15.8. The van der Waals surface area contributed by atoms with Crippen LogP contribution in [0.5, 0.6) is 0 Å². The Morgan fingerprint density at radius 1 is 1.05 bits per heavy atom. The average Bonchev–Trinajstić information content (AvgIpc) is 2.89. The molecule has 0 unspecified atom stereocenters. The summed E-state index contributed by atoms with van der Waals surface area (Å²) in [7, 11) is -3.20. The molecule has 0 amide bonds. The molecule has 1 N–H and O–H groups in total. The van der Waals surface area contributed by atoms with Crippen molar-refractivity contribution < 1.29 is 8.42 Å². The van der Waals surface area contributed by atoms with E-state index in [1.165, 1.54) is 0 Å². The van der Waals surface area contributed by atoms with Crippen LogP contribution in [0.4, 0.5) is 0 Å². The molecule has 1 fully saturated rings. The van der Waals surface area contributed by atoms with Gasteiger partial charge in [0, 0.05) is 5.56 Å². The van der Waals surface area contributed by atoms with Crippen molar-refractivity contribution in [2.45, 2.75) is 29.4 Å². The van der Waals surface area contributed by atoms with Gasteiger partial charge in [0.2, 0.25) is 0 Å². The summed E-state index contributed by atoms with van der Waals surface area (Å²) >= 11 is 0. The minimum Gasteiger partial charge on any atom is -0.338 e. The third-order valence-corrected chi connectivity index (χ3v) is 6.58. The van der Waals surface area contributed by atoms with Gasteiger partial charge >= 0.3 is 0 Å². The molecule has 1 heterocycles. The van der Waals surface area contributed by atoms with Gasteiger partial charge in [-0.15, -0.1) is 0 Å². The zero-order chi connectivity index (χ0) is 15.2. The predicted molar refractivity (Wildman–Crippen MR) is 86.4 cm³/mol. The fourth-order valence-electron chi connectivity index (χ4n) is 2.77. The van der Waals surface area contributed by atoms with Crippen molar-refractivity contribution in [1.29, 1.82) is 0 Å². The SMILES string of the molecule is O=S(=O)(c1ccc2nc(-c3ccccc3)[nH]c2c1)C1CCC1. The standard InChI is InChI=1S/C17H16N2O2S/c20-22(21,13-7-4-8-13)14-9-10-15-16(11-14)19-17(18-15)12-5-2-1-3-6-12/h1-3,5-6,9-11,13H,4,7-8H2,(H,18,19). The highest BCUT2D eigenvalue weighted by Gasteiger charge is 2.32. The summed E-state index contributed by atoms with van der Waals surface area (Å²) in [5, 5.41) is -0.207. The molecule has 0 spiro atoms. The van der Waals surface area contributed by atoms with E-state index in [4.69, 9.17) is 0 Å². The van der Waals surface area contributed by atoms with Gasteiger partial charge in [-0.05, 0) is 31.0 Å². The number of benzene rings is 2. The summed E-state index contributed by atoms with van der Waals surface area (Å²) in [6.45, 7) is 0. The summed E-state index contributed by atoms with van der Waals surface area (Å²) in [5.41, 5.74) is 2.53. The largest absolute Gasteiger partial charge is 0.338 e. The molecule has 0 bridgehead atoms. The first-order valence-electron chi connectivity index (χ1n) is 7.44. The lowest BCUT2D eigenvalue weighted by Gasteiger charge is -2.25. The Morgan fingerprint density at radius 3 is 2.50 bits per heavy atom. The number of hydrogen-bond donors (Lipinski definition) is 1. The molecule has 1 aliphatic rings. The topological polar surface area (TPSA) is 62.8 Å². The van der Waals surface area contributed by atoms with Crippen LogP contribution in [-0.2, 0) is 9.84 Å². The Hall–Kier alpha value is -2.14. The minimum atomic E-state index is -3.20. The van der Waals surface area contributed by atoms with Gasteiger partial charge < -0.3 is 4.98 Å². The first kappa shape index (κ1) is 13.5. The number of aromatic nitrogens is 2. The molecule has 2 aromatic carbocycles. The number of rotatable bonds is 3. The van der Waals surface area contributed by atoms with E-state index in [1.807, 2.05) is 30.3 Å². The Bertz CT molecular complexity index is 926. The molecule has 4 rings (SSSR count). The van der Waals surface area contributed by atoms with Crippen molar-refractivity contribution >= 4 is 20.9 Å². The number of H-pyrrole nitrogens is 1. The quantitative estimate of drug-likeness (QED) is 0.804. The Balaban J connectivity index is 1.78. The third-order valence-electron chi connectivity index (χ3n) is 4.32. The highest BCUT2D eigenvalue weighted by Crippen LogP contribution is 2.32. The van der Waals surface area contributed by atoms with Crippen LogP contribution in [0.15, 0.2) is 53.4 Å². The van der Waals surface area contributed by atoms with Gasteiger partial charge in [0.25, 0.3) is 0 Å². The average molecular weight is 312 g/mol. The van der Waals surface area contributed by atoms with Crippen LogP contribution in [0.1, 0.15) is 19.3 Å². The number of imidazole rings is 1. The first-order chi connectivity index (χ1) is 10.6. The zero-order valence-corrected chi connectivity index (χ0v) is 12.8. The fraction of sp³-hybridized carbons (Fsp3) is 0.235. The lowest BCUT2D eigenvalue weighted by Crippen LogP contribution is -2.28. The number of nitrogens with one attached hydrogen (secondary N) is 1. The fourth-order valence-corrected chi connectivity index (χ4v) is 4.65. The van der Waals surface area contributed by atoms with Crippen LogP contribution < -0.4 is 0 Å². The van der Waals surface area contributed by atoms with Crippen molar-refractivity contribution in [3.63, 3.8) is 0 Å². The number of hydrogen-bond acceptors (Lipinski definition) is 3. The van der Waals surface area contributed by atoms with Gasteiger partial charge in [0.15, 0.2) is 9.84 Å². The smallest absolute Gasteiger partial charge is 0.181 e. The maximum absolute atomic E-state index is 12.5. The maximum atomic E-state index is 12.5. The molecule has 0 radical (unpaired) electrons. The van der Waals surface area contributed by atoms with Gasteiger partial charge in [-0.2, -0.15) is 0 Å². The van der Waals surface area contributed by atoms with Gasteiger partial charge in [0.05, 0.1) is 21.2 Å². The highest BCUT2D eigenvalue weighted by molar-refractivity contribution is 7.92. The van der Waals surface area contributed by atoms with Gasteiger partial charge in [0.1, 0.15) is 5.82 Å². The molecule has 0 aliphatic heterocycles. The van der Waals surface area contributed by atoms with E-state index in [0.717, 1.165) is 41.7 Å². The summed E-state index contributed by atoms with van der Waals surface area (Å²) in [6.07, 6.45) is 2.56. The Kier molecular flexibility index (Phi) is 3.04. The van der Waals surface area contributed by atoms with E-state index in [-0.39, 0.29) is 5.25 Å². The maximum Gasteiger partial charge on any atom is 0.181 e. The Labute approximate surface area is 129 Å². The van der Waals surface area contributed by atoms with Crippen LogP contribution in [0.2, 0.25) is 0 Å². The molecular formula is C17H16N2O2S. The summed E-state index contributed by atoms with van der Waals surface area (Å²) < 4.78 is 25.0. The molecule has 5 heteroatoms. The number of nitrogens with zero attached hydrogens (tertiary/aromatic N) is 1. The van der Waals surface area contributed by atoms with E-state index in [9.17, 15) is 8.42 Å². The van der Waals surface area contributed by atoms with E-state index >= 15 is 0 Å². The molecular weight excluding hydrogens is 296 g/mol. The van der Waals surface area contributed by atoms with Crippen molar-refractivity contribution in [3.8, 4) is 11.4 Å². The number of sulfone groups is 1. The highest BCUT2D eigenvalue weighted by atomic mass is 32.2. The van der Waals surface area contributed by atoms with Crippen molar-refractivity contribution in [2.24, 2.45) is 0 Å². The van der Waals surface area contributed by atoms with Crippen LogP contribution in [0, 0.1) is 0 Å². The lowest BCUT2D eigenvalue weighted by molar-refractivity contribution is 0.477. The number of aromatic amines is 1. The second-order valence-electron chi connectivity index (χ2n) is 5.73. The summed E-state index contributed by atoms with van der Waals surface area (Å²) in [5.74, 6) is 0.758. The monoisotopic (exact) mass is 312 g/mol. The molecule has 22 heavy (non-hydrogen) atoms. The number of fused-ring (bicyclic) bond motifs is 1. The molecule has 0 atom stereocenters. The molecule has 3 aromatic rings. The van der Waals surface area contributed by atoms with E-state index in [0.29, 0.717) is 4.90 Å². The molecule has 1 aliphatic carbocycles. The zero-order valence-electron chi connectivity index (χ0n) is 12.0. The van der Waals surface area contributed by atoms with E-state index in [2.05, 4.69) is 9.97 Å². The Morgan fingerprint density at radius 2 is 1.82 bits per heavy atom. The molecule has 4 nitrogen and oxygen atoms in total. The summed E-state index contributed by atoms with van der Waals surface area (Å²) in [4.78, 5) is 8.15. The van der Waals surface area contributed by atoms with Gasteiger partial charge in [-0.3, -0.25) is 0 Å². The minimum absolute atomic E-state index is 0.207. The van der Waals surface area contributed by atoms with Gasteiger partial charge in [-0.1, -0.05) is 36.8 Å². The molecule has 1 saturated carbocycles. The second-order valence-corrected chi connectivity index (χ2v) is 7.96. The second kappa shape index (κ2) is 4.95. The van der Waals surface area contributed by atoms with E-state index in [1.54, 1.807) is 18.2 Å². The predicted octanol–water partition coefficient (Wildman–Crippen LogP) is 3.56. The van der Waals surface area contributed by atoms with Crippen molar-refractivity contribution in [1.82, 2.24) is 9.97 Å². The van der Waals surface area contributed by atoms with Crippen LogP contribution in [0.3, 0.4) is 0 Å². The third kappa shape index (κ3) is 2.13. The molecule has 1 aromatic heterocycles. The lowest BCUT2D eigenvalue weighted by atomic mass is 10.00. The van der Waals surface area contributed by atoms with E-state index < -0.39 is 9.84 Å². The van der Waals surface area contributed by atoms with Crippen molar-refractivity contribution in [3.05, 3.63) is 48.5 Å². The van der Waals surface area contributed by atoms with Gasteiger partial charge in [-0.25, -0.2) is 13.4 Å². The van der Waals surface area contributed by atoms with Crippen LogP contribution >= 0.6 is 0 Å². The summed E-state index contributed by atoms with van der Waals surface area (Å²) in [6, 6.07) is 15.0. The van der Waals surface area contributed by atoms with Crippen molar-refractivity contribution in [2.75, 3.05) is 0 Å². The molecule has 0 saturated heterocycles.